The molecule has 1 fully saturated rings. The van der Waals surface area contributed by atoms with Gasteiger partial charge in [0.1, 0.15) is 23.5 Å². The van der Waals surface area contributed by atoms with Crippen LogP contribution in [0.15, 0.2) is 70.7 Å². The van der Waals surface area contributed by atoms with E-state index in [1.165, 1.54) is 22.8 Å². The van der Waals surface area contributed by atoms with Gasteiger partial charge in [0.25, 0.3) is 5.56 Å². The van der Waals surface area contributed by atoms with Crippen molar-refractivity contribution in [3.63, 3.8) is 0 Å². The van der Waals surface area contributed by atoms with E-state index in [-0.39, 0.29) is 22.9 Å². The minimum atomic E-state index is -0.749. The highest BCUT2D eigenvalue weighted by Crippen LogP contribution is 2.19. The predicted octanol–water partition coefficient (Wildman–Crippen LogP) is 3.95. The van der Waals surface area contributed by atoms with Crippen LogP contribution in [-0.2, 0) is 4.84 Å². The fourth-order valence-electron chi connectivity index (χ4n) is 3.62. The third kappa shape index (κ3) is 4.72. The maximum absolute atomic E-state index is 14.7. The molecule has 0 unspecified atom stereocenters. The van der Waals surface area contributed by atoms with Crippen molar-refractivity contribution in [2.45, 2.75) is 25.9 Å². The molecule has 5 nitrogen and oxygen atoms in total. The van der Waals surface area contributed by atoms with Crippen molar-refractivity contribution in [2.24, 2.45) is 5.16 Å². The Hall–Kier alpha value is -3.32. The van der Waals surface area contributed by atoms with Crippen LogP contribution < -0.4 is 10.9 Å². The zero-order valence-electron chi connectivity index (χ0n) is 17.1. The highest BCUT2D eigenvalue weighted by molar-refractivity contribution is 6.12. The number of aryl methyl sites for hydroxylation is 1. The van der Waals surface area contributed by atoms with Gasteiger partial charge in [-0.05, 0) is 62.7 Å². The van der Waals surface area contributed by atoms with Crippen molar-refractivity contribution in [3.05, 3.63) is 99.5 Å². The molecule has 2 heterocycles. The average molecular weight is 423 g/mol. The van der Waals surface area contributed by atoms with E-state index < -0.39 is 11.6 Å². The molecular weight excluding hydrogens is 400 g/mol. The van der Waals surface area contributed by atoms with Crippen molar-refractivity contribution in [1.29, 1.82) is 0 Å². The molecule has 1 aromatic heterocycles. The molecule has 1 aliphatic heterocycles. The number of benzene rings is 2. The van der Waals surface area contributed by atoms with Crippen molar-refractivity contribution in [1.82, 2.24) is 9.88 Å². The first-order valence-electron chi connectivity index (χ1n) is 10.2. The van der Waals surface area contributed by atoms with E-state index in [1.807, 2.05) is 31.2 Å². The van der Waals surface area contributed by atoms with E-state index in [1.54, 1.807) is 12.3 Å². The molecule has 0 saturated carbocycles. The van der Waals surface area contributed by atoms with Crippen LogP contribution in [0.3, 0.4) is 0 Å². The SMILES string of the molecule is Cc1ccccc1-n1cc(C(=NOC2CCNCC2)c2ccc(F)cc2F)ccc1=O. The van der Waals surface area contributed by atoms with Crippen LogP contribution >= 0.6 is 0 Å². The van der Waals surface area contributed by atoms with Gasteiger partial charge in [0.2, 0.25) is 0 Å². The molecular formula is C24H23F2N3O2. The molecule has 2 aromatic carbocycles. The van der Waals surface area contributed by atoms with Gasteiger partial charge in [0.15, 0.2) is 0 Å². The third-order valence-corrected chi connectivity index (χ3v) is 5.33. The largest absolute Gasteiger partial charge is 0.392 e. The van der Waals surface area contributed by atoms with Crippen molar-refractivity contribution in [2.75, 3.05) is 13.1 Å². The summed E-state index contributed by atoms with van der Waals surface area (Å²) in [6, 6.07) is 13.8. The molecule has 0 spiro atoms. The monoisotopic (exact) mass is 423 g/mol. The van der Waals surface area contributed by atoms with Gasteiger partial charge in [-0.1, -0.05) is 23.4 Å². The Balaban J connectivity index is 1.80. The molecule has 4 rings (SSSR count). The molecule has 160 valence electrons. The number of pyridine rings is 1. The van der Waals surface area contributed by atoms with Crippen LogP contribution in [0.5, 0.6) is 0 Å². The number of nitrogens with zero attached hydrogens (tertiary/aromatic N) is 2. The van der Waals surface area contributed by atoms with E-state index in [4.69, 9.17) is 4.84 Å². The summed E-state index contributed by atoms with van der Waals surface area (Å²) in [4.78, 5) is 18.3. The number of hydrogen-bond acceptors (Lipinski definition) is 4. The van der Waals surface area contributed by atoms with Crippen LogP contribution in [-0.4, -0.2) is 29.5 Å². The quantitative estimate of drug-likeness (QED) is 0.500. The Kier molecular flexibility index (Phi) is 6.23. The molecule has 0 radical (unpaired) electrons. The van der Waals surface area contributed by atoms with Crippen molar-refractivity contribution in [3.8, 4) is 5.69 Å². The Morgan fingerprint density at radius 3 is 2.61 bits per heavy atom. The van der Waals surface area contributed by atoms with E-state index >= 15 is 0 Å². The van der Waals surface area contributed by atoms with Gasteiger partial charge >= 0.3 is 0 Å². The number of rotatable bonds is 5. The minimum absolute atomic E-state index is 0.0953. The van der Waals surface area contributed by atoms with Crippen LogP contribution in [0.25, 0.3) is 5.69 Å². The normalized spacial score (nSPS) is 15.1. The number of para-hydroxylation sites is 1. The Labute approximate surface area is 179 Å². The van der Waals surface area contributed by atoms with Crippen LogP contribution in [0.4, 0.5) is 8.78 Å². The van der Waals surface area contributed by atoms with Gasteiger partial charge in [-0.15, -0.1) is 0 Å². The van der Waals surface area contributed by atoms with Crippen LogP contribution in [0.1, 0.15) is 29.5 Å². The standard InChI is InChI=1S/C24H23F2N3O2/c1-16-4-2-3-5-22(16)29-15-17(6-9-23(29)30)24(20-8-7-18(25)14-21(20)26)28-31-19-10-12-27-13-11-19/h2-9,14-15,19,27H,10-13H2,1H3. The average Bonchev–Trinajstić information content (AvgIpc) is 2.77. The highest BCUT2D eigenvalue weighted by Gasteiger charge is 2.19. The van der Waals surface area contributed by atoms with Gasteiger partial charge in [-0.2, -0.15) is 0 Å². The topological polar surface area (TPSA) is 55.6 Å². The first-order valence-corrected chi connectivity index (χ1v) is 10.2. The summed E-state index contributed by atoms with van der Waals surface area (Å²) in [5.41, 5.74) is 2.20. The van der Waals surface area contributed by atoms with E-state index in [9.17, 15) is 13.6 Å². The van der Waals surface area contributed by atoms with E-state index in [0.29, 0.717) is 11.3 Å². The smallest absolute Gasteiger partial charge is 0.255 e. The first-order chi connectivity index (χ1) is 15.0. The van der Waals surface area contributed by atoms with Gasteiger partial charge in [0, 0.05) is 29.5 Å². The summed E-state index contributed by atoms with van der Waals surface area (Å²) >= 11 is 0. The number of aromatic nitrogens is 1. The van der Waals surface area contributed by atoms with Crippen molar-refractivity contribution >= 4 is 5.71 Å². The lowest BCUT2D eigenvalue weighted by Crippen LogP contribution is -2.31. The summed E-state index contributed by atoms with van der Waals surface area (Å²) in [6.07, 6.45) is 3.08. The van der Waals surface area contributed by atoms with Crippen molar-refractivity contribution < 1.29 is 13.6 Å². The maximum atomic E-state index is 14.7. The van der Waals surface area contributed by atoms with Crippen LogP contribution in [0, 0.1) is 18.6 Å². The number of oxime groups is 1. The Morgan fingerprint density at radius 1 is 1.10 bits per heavy atom. The molecule has 31 heavy (non-hydrogen) atoms. The second-order valence-corrected chi connectivity index (χ2v) is 7.53. The highest BCUT2D eigenvalue weighted by atomic mass is 19.1. The molecule has 1 saturated heterocycles. The zero-order valence-corrected chi connectivity index (χ0v) is 17.1. The number of hydrogen-bond donors (Lipinski definition) is 1. The molecule has 0 bridgehead atoms. The lowest BCUT2D eigenvalue weighted by molar-refractivity contribution is 0.0378. The van der Waals surface area contributed by atoms with E-state index in [2.05, 4.69) is 10.5 Å². The summed E-state index contributed by atoms with van der Waals surface area (Å²) in [5, 5.41) is 7.53. The first kappa shape index (κ1) is 20.9. The summed E-state index contributed by atoms with van der Waals surface area (Å²) < 4.78 is 29.7. The zero-order chi connectivity index (χ0) is 21.8. The fourth-order valence-corrected chi connectivity index (χ4v) is 3.62. The number of halogens is 2. The van der Waals surface area contributed by atoms with Gasteiger partial charge in [-0.25, -0.2) is 8.78 Å². The molecule has 0 aliphatic carbocycles. The molecule has 3 aromatic rings. The predicted molar refractivity (Wildman–Crippen MR) is 116 cm³/mol. The fraction of sp³-hybridized carbons (Fsp3) is 0.250. The Bertz CT molecular complexity index is 1170. The second kappa shape index (κ2) is 9.22. The lowest BCUT2D eigenvalue weighted by atomic mass is 10.0. The molecule has 0 amide bonds. The number of piperidine rings is 1. The number of nitrogens with one attached hydrogen (secondary N) is 1. The third-order valence-electron chi connectivity index (χ3n) is 5.33. The molecule has 0 atom stereocenters. The van der Waals surface area contributed by atoms with Crippen LogP contribution in [0.2, 0.25) is 0 Å². The molecule has 7 heteroatoms. The summed E-state index contributed by atoms with van der Waals surface area (Å²) in [6.45, 7) is 3.54. The van der Waals surface area contributed by atoms with Gasteiger partial charge in [0.05, 0.1) is 5.69 Å². The maximum Gasteiger partial charge on any atom is 0.255 e. The molecule has 1 N–H and O–H groups in total. The second-order valence-electron chi connectivity index (χ2n) is 7.53. The summed E-state index contributed by atoms with van der Waals surface area (Å²) in [5.74, 6) is -1.42. The summed E-state index contributed by atoms with van der Waals surface area (Å²) in [7, 11) is 0. The minimum Gasteiger partial charge on any atom is -0.392 e. The van der Waals surface area contributed by atoms with E-state index in [0.717, 1.165) is 37.6 Å². The lowest BCUT2D eigenvalue weighted by Gasteiger charge is -2.21. The van der Waals surface area contributed by atoms with Gasteiger partial charge < -0.3 is 10.2 Å². The van der Waals surface area contributed by atoms with Gasteiger partial charge in [-0.3, -0.25) is 9.36 Å². The Morgan fingerprint density at radius 2 is 1.87 bits per heavy atom. The molecule has 1 aliphatic rings.